The first-order valence-corrected chi connectivity index (χ1v) is 8.25. The van der Waals surface area contributed by atoms with Crippen LogP contribution in [0, 0.1) is 6.92 Å². The van der Waals surface area contributed by atoms with Gasteiger partial charge in [0.2, 0.25) is 5.91 Å². The van der Waals surface area contributed by atoms with Gasteiger partial charge >= 0.3 is 11.0 Å². The summed E-state index contributed by atoms with van der Waals surface area (Å²) < 4.78 is 6.42. The number of aromatic nitrogens is 1. The third kappa shape index (κ3) is 4.09. The summed E-state index contributed by atoms with van der Waals surface area (Å²) in [6.07, 6.45) is 1.09. The number of nitrogens with zero attached hydrogens (tertiary/aromatic N) is 2. The second kappa shape index (κ2) is 7.44. The Kier molecular flexibility index (Phi) is 5.59. The predicted molar refractivity (Wildman–Crippen MR) is 83.1 cm³/mol. The van der Waals surface area contributed by atoms with E-state index in [1.54, 1.807) is 17.2 Å². The molecular formula is C14H21N3O4S. The number of carbonyl (C=O) groups excluding carboxylic acids is 2. The molecule has 2 amide bonds. The van der Waals surface area contributed by atoms with Gasteiger partial charge in [0, 0.05) is 30.2 Å². The van der Waals surface area contributed by atoms with E-state index in [4.69, 9.17) is 4.74 Å². The summed E-state index contributed by atoms with van der Waals surface area (Å²) in [6.45, 7) is 5.14. The van der Waals surface area contributed by atoms with Crippen molar-refractivity contribution in [1.29, 1.82) is 0 Å². The van der Waals surface area contributed by atoms with Crippen LogP contribution in [0.4, 0.5) is 4.79 Å². The van der Waals surface area contributed by atoms with Crippen LogP contribution < -0.4 is 10.2 Å². The lowest BCUT2D eigenvalue weighted by molar-refractivity contribution is -0.122. The maximum atomic E-state index is 12.0. The summed E-state index contributed by atoms with van der Waals surface area (Å²) in [4.78, 5) is 36.7. The molecule has 0 atom stereocenters. The van der Waals surface area contributed by atoms with Gasteiger partial charge in [-0.05, 0) is 26.7 Å². The van der Waals surface area contributed by atoms with Crippen molar-refractivity contribution >= 4 is 23.3 Å². The third-order valence-corrected chi connectivity index (χ3v) is 4.55. The summed E-state index contributed by atoms with van der Waals surface area (Å²) in [5, 5.41) is 4.67. The fourth-order valence-electron chi connectivity index (χ4n) is 2.43. The number of amides is 2. The van der Waals surface area contributed by atoms with Gasteiger partial charge in [-0.2, -0.15) is 0 Å². The summed E-state index contributed by atoms with van der Waals surface area (Å²) in [5.74, 6) is -0.168. The van der Waals surface area contributed by atoms with E-state index in [0.717, 1.165) is 17.0 Å². The first kappa shape index (κ1) is 16.5. The van der Waals surface area contributed by atoms with Gasteiger partial charge in [-0.3, -0.25) is 14.2 Å². The van der Waals surface area contributed by atoms with Gasteiger partial charge < -0.3 is 15.0 Å². The SMILES string of the molecule is CCOC(=O)N1CCC(NC(=O)Cn2c(C)csc2=O)CC1. The number of aryl methyl sites for hydroxylation is 1. The van der Waals surface area contributed by atoms with Crippen LogP contribution in [0.2, 0.25) is 0 Å². The Balaban J connectivity index is 1.80. The van der Waals surface area contributed by atoms with Gasteiger partial charge in [0.1, 0.15) is 6.54 Å². The van der Waals surface area contributed by atoms with Crippen LogP contribution in [0.15, 0.2) is 10.2 Å². The van der Waals surface area contributed by atoms with E-state index in [9.17, 15) is 14.4 Å². The number of nitrogens with one attached hydrogen (secondary N) is 1. The minimum atomic E-state index is -0.298. The highest BCUT2D eigenvalue weighted by Gasteiger charge is 2.24. The first-order chi connectivity index (χ1) is 10.5. The first-order valence-electron chi connectivity index (χ1n) is 7.37. The van der Waals surface area contributed by atoms with Crippen molar-refractivity contribution in [2.75, 3.05) is 19.7 Å². The molecule has 0 unspecified atom stereocenters. The largest absolute Gasteiger partial charge is 0.450 e. The zero-order valence-electron chi connectivity index (χ0n) is 12.8. The zero-order chi connectivity index (χ0) is 16.1. The second-order valence-electron chi connectivity index (χ2n) is 5.26. The van der Waals surface area contributed by atoms with E-state index in [-0.39, 0.29) is 29.5 Å². The molecule has 22 heavy (non-hydrogen) atoms. The van der Waals surface area contributed by atoms with Crippen LogP contribution >= 0.6 is 11.3 Å². The van der Waals surface area contributed by atoms with Crippen LogP contribution in [-0.2, 0) is 16.1 Å². The van der Waals surface area contributed by atoms with Gasteiger partial charge in [0.25, 0.3) is 0 Å². The quantitative estimate of drug-likeness (QED) is 0.893. The molecule has 0 spiro atoms. The molecule has 2 heterocycles. The van der Waals surface area contributed by atoms with Crippen molar-refractivity contribution < 1.29 is 14.3 Å². The molecule has 1 N–H and O–H groups in total. The van der Waals surface area contributed by atoms with E-state index in [1.165, 1.54) is 4.57 Å². The number of likely N-dealkylation sites (tertiary alicyclic amines) is 1. The van der Waals surface area contributed by atoms with E-state index in [2.05, 4.69) is 5.32 Å². The molecule has 0 aromatic carbocycles. The van der Waals surface area contributed by atoms with Gasteiger partial charge in [-0.1, -0.05) is 11.3 Å². The lowest BCUT2D eigenvalue weighted by atomic mass is 10.1. The normalized spacial score (nSPS) is 15.6. The molecule has 122 valence electrons. The lowest BCUT2D eigenvalue weighted by Crippen LogP contribution is -2.47. The second-order valence-corrected chi connectivity index (χ2v) is 6.08. The highest BCUT2D eigenvalue weighted by atomic mass is 32.1. The van der Waals surface area contributed by atoms with E-state index >= 15 is 0 Å². The maximum Gasteiger partial charge on any atom is 0.409 e. The van der Waals surface area contributed by atoms with Crippen LogP contribution in [0.25, 0.3) is 0 Å². The highest BCUT2D eigenvalue weighted by Crippen LogP contribution is 2.11. The van der Waals surface area contributed by atoms with Gasteiger partial charge in [-0.15, -0.1) is 0 Å². The summed E-state index contributed by atoms with van der Waals surface area (Å²) in [6, 6.07) is 0.0350. The van der Waals surface area contributed by atoms with Crippen molar-refractivity contribution in [2.24, 2.45) is 0 Å². The average Bonchev–Trinajstić information content (AvgIpc) is 2.80. The van der Waals surface area contributed by atoms with Crippen LogP contribution in [0.5, 0.6) is 0 Å². The van der Waals surface area contributed by atoms with E-state index < -0.39 is 0 Å². The Labute approximate surface area is 132 Å². The molecule has 2 rings (SSSR count). The summed E-state index contributed by atoms with van der Waals surface area (Å²) >= 11 is 1.10. The molecule has 1 aliphatic heterocycles. The molecule has 8 heteroatoms. The number of hydrogen-bond acceptors (Lipinski definition) is 5. The number of thiazole rings is 1. The standard InChI is InChI=1S/C14H21N3O4S/c1-3-21-13(19)16-6-4-11(5-7-16)15-12(18)8-17-10(2)9-22-14(17)20/h9,11H,3-8H2,1-2H3,(H,15,18). The Morgan fingerprint density at radius 2 is 2.09 bits per heavy atom. The Morgan fingerprint density at radius 1 is 1.41 bits per heavy atom. The average molecular weight is 327 g/mol. The van der Waals surface area contributed by atoms with Gasteiger partial charge in [0.05, 0.1) is 6.61 Å². The molecule has 0 saturated carbocycles. The lowest BCUT2D eigenvalue weighted by Gasteiger charge is -2.31. The molecule has 0 radical (unpaired) electrons. The maximum absolute atomic E-state index is 12.0. The summed E-state index contributed by atoms with van der Waals surface area (Å²) in [7, 11) is 0. The van der Waals surface area contributed by atoms with Gasteiger partial charge in [-0.25, -0.2) is 4.79 Å². The van der Waals surface area contributed by atoms with E-state index in [1.807, 2.05) is 6.92 Å². The third-order valence-electron chi connectivity index (χ3n) is 3.66. The topological polar surface area (TPSA) is 80.6 Å². The molecule has 0 aliphatic carbocycles. The Hall–Kier alpha value is -1.83. The van der Waals surface area contributed by atoms with Gasteiger partial charge in [0.15, 0.2) is 0 Å². The predicted octanol–water partition coefficient (Wildman–Crippen LogP) is 0.955. The number of carbonyl (C=O) groups is 2. The number of rotatable bonds is 4. The molecule has 7 nitrogen and oxygen atoms in total. The van der Waals surface area contributed by atoms with Crippen LogP contribution in [0.1, 0.15) is 25.5 Å². The minimum absolute atomic E-state index is 0.0350. The fourth-order valence-corrected chi connectivity index (χ4v) is 3.17. The molecule has 1 saturated heterocycles. The highest BCUT2D eigenvalue weighted by molar-refractivity contribution is 7.07. The molecule has 1 fully saturated rings. The van der Waals surface area contributed by atoms with E-state index in [0.29, 0.717) is 32.5 Å². The van der Waals surface area contributed by atoms with Crippen LogP contribution in [0.3, 0.4) is 0 Å². The molecule has 1 aromatic heterocycles. The fraction of sp³-hybridized carbons (Fsp3) is 0.643. The van der Waals surface area contributed by atoms with Crippen molar-refractivity contribution in [3.63, 3.8) is 0 Å². The Morgan fingerprint density at radius 3 is 2.64 bits per heavy atom. The smallest absolute Gasteiger partial charge is 0.409 e. The zero-order valence-corrected chi connectivity index (χ0v) is 13.6. The Bertz CT molecular complexity index is 587. The monoisotopic (exact) mass is 327 g/mol. The molecular weight excluding hydrogens is 306 g/mol. The molecule has 1 aliphatic rings. The van der Waals surface area contributed by atoms with Crippen molar-refractivity contribution in [3.05, 3.63) is 20.7 Å². The number of ether oxygens (including phenoxy) is 1. The van der Waals surface area contributed by atoms with Crippen molar-refractivity contribution in [2.45, 2.75) is 39.3 Å². The molecule has 1 aromatic rings. The minimum Gasteiger partial charge on any atom is -0.450 e. The van der Waals surface area contributed by atoms with Crippen LogP contribution in [-0.4, -0.2) is 47.2 Å². The number of hydrogen-bond donors (Lipinski definition) is 1. The van der Waals surface area contributed by atoms with Crippen molar-refractivity contribution in [3.8, 4) is 0 Å². The molecule has 0 bridgehead atoms. The summed E-state index contributed by atoms with van der Waals surface area (Å²) in [5.41, 5.74) is 0.794. The van der Waals surface area contributed by atoms with Crippen molar-refractivity contribution in [1.82, 2.24) is 14.8 Å². The number of piperidine rings is 1.